The Labute approximate surface area is 179 Å². The standard InChI is InChI=1S/C25H33NO4/c1-5-29-22(27)16-15-21(17-26)23(24(28)30-25(2,3)4)20-13-11-19(12-14-20)18-9-7-6-8-10-18/h6-14,21,23H,5,15-17,26H2,1-4H3/t21?,23-/m1/s1. The Morgan fingerprint density at radius 3 is 2.10 bits per heavy atom. The summed E-state index contributed by atoms with van der Waals surface area (Å²) in [6.07, 6.45) is 0.677. The zero-order valence-electron chi connectivity index (χ0n) is 18.4. The van der Waals surface area contributed by atoms with Crippen LogP contribution >= 0.6 is 0 Å². The second kappa shape index (κ2) is 10.9. The van der Waals surface area contributed by atoms with E-state index in [1.165, 1.54) is 0 Å². The van der Waals surface area contributed by atoms with E-state index in [2.05, 4.69) is 0 Å². The molecular weight excluding hydrogens is 378 g/mol. The summed E-state index contributed by atoms with van der Waals surface area (Å²) < 4.78 is 10.7. The average molecular weight is 412 g/mol. The normalized spacial score (nSPS) is 13.4. The van der Waals surface area contributed by atoms with E-state index in [4.69, 9.17) is 15.2 Å². The quantitative estimate of drug-likeness (QED) is 0.605. The van der Waals surface area contributed by atoms with Crippen LogP contribution < -0.4 is 5.73 Å². The second-order valence-electron chi connectivity index (χ2n) is 8.34. The van der Waals surface area contributed by atoms with Crippen molar-refractivity contribution in [2.75, 3.05) is 13.2 Å². The lowest BCUT2D eigenvalue weighted by Gasteiger charge is -2.29. The maximum atomic E-state index is 13.1. The monoisotopic (exact) mass is 411 g/mol. The van der Waals surface area contributed by atoms with E-state index in [0.29, 0.717) is 13.0 Å². The van der Waals surface area contributed by atoms with E-state index < -0.39 is 11.5 Å². The van der Waals surface area contributed by atoms with Gasteiger partial charge >= 0.3 is 11.9 Å². The number of esters is 2. The van der Waals surface area contributed by atoms with Gasteiger partial charge in [0.15, 0.2) is 0 Å². The largest absolute Gasteiger partial charge is 0.466 e. The van der Waals surface area contributed by atoms with E-state index in [9.17, 15) is 9.59 Å². The van der Waals surface area contributed by atoms with Crippen molar-refractivity contribution >= 4 is 11.9 Å². The highest BCUT2D eigenvalue weighted by atomic mass is 16.6. The topological polar surface area (TPSA) is 78.6 Å². The zero-order chi connectivity index (χ0) is 22.1. The minimum absolute atomic E-state index is 0.219. The minimum atomic E-state index is -0.612. The lowest BCUT2D eigenvalue weighted by atomic mass is 9.82. The van der Waals surface area contributed by atoms with E-state index in [-0.39, 0.29) is 30.8 Å². The number of nitrogens with two attached hydrogens (primary N) is 1. The van der Waals surface area contributed by atoms with Crippen LogP contribution in [0.2, 0.25) is 0 Å². The molecule has 0 spiro atoms. The molecule has 0 radical (unpaired) electrons. The number of carbonyl (C=O) groups excluding carboxylic acids is 2. The molecule has 0 aliphatic carbocycles. The average Bonchev–Trinajstić information content (AvgIpc) is 2.71. The van der Waals surface area contributed by atoms with Crippen LogP contribution in [0.4, 0.5) is 0 Å². The molecule has 0 fully saturated rings. The molecule has 2 aromatic rings. The Morgan fingerprint density at radius 2 is 1.57 bits per heavy atom. The number of hydrogen-bond donors (Lipinski definition) is 1. The SMILES string of the molecule is CCOC(=O)CCC(CN)[C@H](C(=O)OC(C)(C)C)c1ccc(-c2ccccc2)cc1. The third-order valence-corrected chi connectivity index (χ3v) is 4.84. The lowest BCUT2D eigenvalue weighted by Crippen LogP contribution is -2.34. The summed E-state index contributed by atoms with van der Waals surface area (Å²) in [6.45, 7) is 7.91. The molecule has 1 unspecified atom stereocenters. The van der Waals surface area contributed by atoms with Crippen LogP contribution in [-0.2, 0) is 19.1 Å². The van der Waals surface area contributed by atoms with E-state index in [0.717, 1.165) is 16.7 Å². The second-order valence-corrected chi connectivity index (χ2v) is 8.34. The highest BCUT2D eigenvalue weighted by Gasteiger charge is 2.33. The summed E-state index contributed by atoms with van der Waals surface area (Å²) in [5.41, 5.74) is 8.43. The summed E-state index contributed by atoms with van der Waals surface area (Å²) in [5, 5.41) is 0. The van der Waals surface area contributed by atoms with E-state index in [1.807, 2.05) is 75.4 Å². The molecule has 0 amide bonds. The van der Waals surface area contributed by atoms with Crippen molar-refractivity contribution < 1.29 is 19.1 Å². The molecule has 2 aromatic carbocycles. The Balaban J connectivity index is 2.30. The third-order valence-electron chi connectivity index (χ3n) is 4.84. The van der Waals surface area contributed by atoms with Crippen molar-refractivity contribution in [3.05, 3.63) is 60.2 Å². The fraction of sp³-hybridized carbons (Fsp3) is 0.440. The highest BCUT2D eigenvalue weighted by Crippen LogP contribution is 2.32. The lowest BCUT2D eigenvalue weighted by molar-refractivity contribution is -0.158. The maximum Gasteiger partial charge on any atom is 0.314 e. The molecule has 0 aliphatic heterocycles. The highest BCUT2D eigenvalue weighted by molar-refractivity contribution is 5.79. The Kier molecular flexibility index (Phi) is 8.60. The van der Waals surface area contributed by atoms with Gasteiger partial charge in [-0.25, -0.2) is 0 Å². The first-order chi connectivity index (χ1) is 14.2. The van der Waals surface area contributed by atoms with Crippen LogP contribution in [0.25, 0.3) is 11.1 Å². The van der Waals surface area contributed by atoms with Crippen molar-refractivity contribution in [1.29, 1.82) is 0 Å². The van der Waals surface area contributed by atoms with Gasteiger partial charge in [0.05, 0.1) is 12.5 Å². The fourth-order valence-corrected chi connectivity index (χ4v) is 3.44. The summed E-state index contributed by atoms with van der Waals surface area (Å²) in [4.78, 5) is 24.9. The van der Waals surface area contributed by atoms with Crippen LogP contribution in [0.15, 0.2) is 54.6 Å². The molecule has 0 aliphatic rings. The van der Waals surface area contributed by atoms with Crippen molar-refractivity contribution in [3.63, 3.8) is 0 Å². The molecule has 5 heteroatoms. The summed E-state index contributed by atoms with van der Waals surface area (Å²) in [7, 11) is 0. The van der Waals surface area contributed by atoms with Gasteiger partial charge in [0.2, 0.25) is 0 Å². The van der Waals surface area contributed by atoms with Crippen LogP contribution in [0.5, 0.6) is 0 Å². The zero-order valence-corrected chi connectivity index (χ0v) is 18.4. The molecular formula is C25H33NO4. The molecule has 0 bridgehead atoms. The van der Waals surface area contributed by atoms with Crippen molar-refractivity contribution in [3.8, 4) is 11.1 Å². The van der Waals surface area contributed by atoms with Crippen molar-refractivity contribution in [1.82, 2.24) is 0 Å². The Hall–Kier alpha value is -2.66. The van der Waals surface area contributed by atoms with Crippen molar-refractivity contribution in [2.45, 2.75) is 52.1 Å². The molecule has 5 nitrogen and oxygen atoms in total. The molecule has 2 atom stereocenters. The predicted molar refractivity (Wildman–Crippen MR) is 119 cm³/mol. The van der Waals surface area contributed by atoms with Gasteiger partial charge in [-0.15, -0.1) is 0 Å². The number of ether oxygens (including phenoxy) is 2. The van der Waals surface area contributed by atoms with Crippen LogP contribution in [0.3, 0.4) is 0 Å². The summed E-state index contributed by atoms with van der Waals surface area (Å²) in [5.74, 6) is -1.38. The molecule has 2 N–H and O–H groups in total. The van der Waals surface area contributed by atoms with Gasteiger partial charge < -0.3 is 15.2 Å². The molecule has 0 saturated heterocycles. The first-order valence-corrected chi connectivity index (χ1v) is 10.5. The summed E-state index contributed by atoms with van der Waals surface area (Å²) in [6, 6.07) is 17.9. The number of hydrogen-bond acceptors (Lipinski definition) is 5. The van der Waals surface area contributed by atoms with Gasteiger partial charge in [-0.1, -0.05) is 54.6 Å². The molecule has 162 valence electrons. The van der Waals surface area contributed by atoms with Gasteiger partial charge in [-0.05, 0) is 63.3 Å². The molecule has 0 heterocycles. The van der Waals surface area contributed by atoms with Gasteiger partial charge in [-0.2, -0.15) is 0 Å². The van der Waals surface area contributed by atoms with Gasteiger partial charge in [0, 0.05) is 6.42 Å². The molecule has 2 rings (SSSR count). The van der Waals surface area contributed by atoms with E-state index in [1.54, 1.807) is 6.92 Å². The first-order valence-electron chi connectivity index (χ1n) is 10.5. The van der Waals surface area contributed by atoms with Crippen LogP contribution in [0, 0.1) is 5.92 Å². The smallest absolute Gasteiger partial charge is 0.314 e. The molecule has 30 heavy (non-hydrogen) atoms. The number of carbonyl (C=O) groups is 2. The number of rotatable bonds is 9. The Bertz CT molecular complexity index is 809. The maximum absolute atomic E-state index is 13.1. The predicted octanol–water partition coefficient (Wildman–Crippen LogP) is 4.70. The van der Waals surface area contributed by atoms with Gasteiger partial charge in [-0.3, -0.25) is 9.59 Å². The first kappa shape index (κ1) is 23.6. The molecule has 0 saturated carbocycles. The minimum Gasteiger partial charge on any atom is -0.466 e. The molecule has 0 aromatic heterocycles. The Morgan fingerprint density at radius 1 is 0.967 bits per heavy atom. The third kappa shape index (κ3) is 6.99. The van der Waals surface area contributed by atoms with Crippen LogP contribution in [0.1, 0.15) is 52.0 Å². The van der Waals surface area contributed by atoms with Crippen LogP contribution in [-0.4, -0.2) is 30.7 Å². The van der Waals surface area contributed by atoms with Gasteiger partial charge in [0.1, 0.15) is 5.60 Å². The van der Waals surface area contributed by atoms with Crippen molar-refractivity contribution in [2.24, 2.45) is 11.7 Å². The van der Waals surface area contributed by atoms with Gasteiger partial charge in [0.25, 0.3) is 0 Å². The fourth-order valence-electron chi connectivity index (χ4n) is 3.44. The van der Waals surface area contributed by atoms with E-state index >= 15 is 0 Å². The summed E-state index contributed by atoms with van der Waals surface area (Å²) >= 11 is 0. The number of benzene rings is 2.